The third-order valence-electron chi connectivity index (χ3n) is 1.40. The van der Waals surface area contributed by atoms with Gasteiger partial charge in [-0.2, -0.15) is 0 Å². The molecular formula is C8H17NO4S. The maximum absolute atomic E-state index is 11.1. The molecule has 0 rings (SSSR count). The Morgan fingerprint density at radius 3 is 2.50 bits per heavy atom. The van der Waals surface area contributed by atoms with E-state index in [2.05, 4.69) is 5.32 Å². The van der Waals surface area contributed by atoms with Gasteiger partial charge in [-0.1, -0.05) is 0 Å². The van der Waals surface area contributed by atoms with Crippen LogP contribution in [0.4, 0.5) is 0 Å². The zero-order chi connectivity index (χ0) is 11.2. The van der Waals surface area contributed by atoms with E-state index in [0.29, 0.717) is 6.61 Å². The first kappa shape index (κ1) is 13.4. The summed E-state index contributed by atoms with van der Waals surface area (Å²) in [4.78, 5) is 11.1. The lowest BCUT2D eigenvalue weighted by molar-refractivity contribution is -0.126. The Labute approximate surface area is 84.7 Å². The van der Waals surface area contributed by atoms with Crippen molar-refractivity contribution in [2.45, 2.75) is 19.9 Å². The molecule has 1 unspecified atom stereocenters. The molecule has 0 aromatic heterocycles. The molecule has 1 N–H and O–H groups in total. The lowest BCUT2D eigenvalue weighted by Gasteiger charge is -2.12. The molecule has 0 saturated heterocycles. The first-order valence-electron chi connectivity index (χ1n) is 4.40. The number of ether oxygens (including phenoxy) is 1. The van der Waals surface area contributed by atoms with Crippen molar-refractivity contribution in [1.82, 2.24) is 5.32 Å². The molecule has 0 spiro atoms. The van der Waals surface area contributed by atoms with Crippen molar-refractivity contribution < 1.29 is 17.9 Å². The van der Waals surface area contributed by atoms with Gasteiger partial charge in [-0.05, 0) is 13.8 Å². The van der Waals surface area contributed by atoms with Gasteiger partial charge in [0.15, 0.2) is 0 Å². The SMILES string of the molecule is CCOCC(=O)NC(C)CS(C)(=O)=O. The number of hydrogen-bond donors (Lipinski definition) is 1. The smallest absolute Gasteiger partial charge is 0.246 e. The number of nitrogens with one attached hydrogen (secondary N) is 1. The van der Waals surface area contributed by atoms with Gasteiger partial charge < -0.3 is 10.1 Å². The fourth-order valence-corrected chi connectivity index (χ4v) is 2.00. The average molecular weight is 223 g/mol. The molecule has 0 aliphatic carbocycles. The van der Waals surface area contributed by atoms with Gasteiger partial charge in [-0.15, -0.1) is 0 Å². The van der Waals surface area contributed by atoms with Crippen molar-refractivity contribution in [3.8, 4) is 0 Å². The Balaban J connectivity index is 3.83. The second-order valence-corrected chi connectivity index (χ2v) is 5.38. The van der Waals surface area contributed by atoms with E-state index in [1.54, 1.807) is 13.8 Å². The molecule has 0 aromatic rings. The molecule has 0 fully saturated rings. The third-order valence-corrected chi connectivity index (χ3v) is 2.50. The lowest BCUT2D eigenvalue weighted by atomic mass is 10.4. The molecule has 0 radical (unpaired) electrons. The van der Waals surface area contributed by atoms with Gasteiger partial charge in [0.1, 0.15) is 16.4 Å². The highest BCUT2D eigenvalue weighted by atomic mass is 32.2. The second kappa shape index (κ2) is 5.98. The van der Waals surface area contributed by atoms with Crippen LogP contribution in [-0.4, -0.2) is 45.6 Å². The first-order chi connectivity index (χ1) is 6.35. The van der Waals surface area contributed by atoms with E-state index >= 15 is 0 Å². The quantitative estimate of drug-likeness (QED) is 0.663. The predicted octanol–water partition coefficient (Wildman–Crippen LogP) is -0.428. The molecule has 1 amide bonds. The van der Waals surface area contributed by atoms with Crippen molar-refractivity contribution >= 4 is 15.7 Å². The zero-order valence-corrected chi connectivity index (χ0v) is 9.56. The molecule has 0 aliphatic rings. The highest BCUT2D eigenvalue weighted by Crippen LogP contribution is 1.90. The van der Waals surface area contributed by atoms with Crippen LogP contribution in [0.15, 0.2) is 0 Å². The molecule has 0 bridgehead atoms. The second-order valence-electron chi connectivity index (χ2n) is 3.20. The van der Waals surface area contributed by atoms with Gasteiger partial charge in [0.05, 0.1) is 5.75 Å². The molecule has 0 aliphatic heterocycles. The fourth-order valence-electron chi connectivity index (χ4n) is 1.01. The average Bonchev–Trinajstić information content (AvgIpc) is 1.96. The molecule has 1 atom stereocenters. The van der Waals surface area contributed by atoms with E-state index in [1.165, 1.54) is 0 Å². The predicted molar refractivity (Wildman–Crippen MR) is 53.8 cm³/mol. The van der Waals surface area contributed by atoms with Crippen LogP contribution in [0.1, 0.15) is 13.8 Å². The Hall–Kier alpha value is -0.620. The van der Waals surface area contributed by atoms with Crippen LogP contribution in [0.2, 0.25) is 0 Å². The summed E-state index contributed by atoms with van der Waals surface area (Å²) in [5.74, 6) is -0.340. The summed E-state index contributed by atoms with van der Waals surface area (Å²) in [5.41, 5.74) is 0. The monoisotopic (exact) mass is 223 g/mol. The summed E-state index contributed by atoms with van der Waals surface area (Å²) < 4.78 is 26.6. The molecule has 5 nitrogen and oxygen atoms in total. The molecule has 0 aromatic carbocycles. The van der Waals surface area contributed by atoms with E-state index in [0.717, 1.165) is 6.26 Å². The number of carbonyl (C=O) groups is 1. The van der Waals surface area contributed by atoms with Crippen molar-refractivity contribution in [1.29, 1.82) is 0 Å². The minimum Gasteiger partial charge on any atom is -0.372 e. The number of rotatable bonds is 6. The van der Waals surface area contributed by atoms with E-state index in [1.807, 2.05) is 0 Å². The summed E-state index contributed by atoms with van der Waals surface area (Å²) in [5, 5.41) is 2.53. The van der Waals surface area contributed by atoms with Crippen LogP contribution in [0, 0.1) is 0 Å². The zero-order valence-electron chi connectivity index (χ0n) is 8.74. The number of sulfone groups is 1. The Morgan fingerprint density at radius 1 is 1.50 bits per heavy atom. The highest BCUT2D eigenvalue weighted by Gasteiger charge is 2.12. The minimum absolute atomic E-state index is 0.0232. The molecule has 84 valence electrons. The van der Waals surface area contributed by atoms with Crippen LogP contribution in [0.25, 0.3) is 0 Å². The summed E-state index contributed by atoms with van der Waals surface area (Å²) in [6.07, 6.45) is 1.14. The van der Waals surface area contributed by atoms with E-state index in [-0.39, 0.29) is 24.3 Å². The van der Waals surface area contributed by atoms with Crippen molar-refractivity contribution in [2.75, 3.05) is 25.2 Å². The number of amides is 1. The standard InChI is InChI=1S/C8H17NO4S/c1-4-13-5-8(10)9-7(2)6-14(3,11)12/h7H,4-6H2,1-3H3,(H,9,10). The van der Waals surface area contributed by atoms with Gasteiger partial charge in [-0.3, -0.25) is 4.79 Å². The van der Waals surface area contributed by atoms with E-state index < -0.39 is 9.84 Å². The normalized spacial score (nSPS) is 13.6. The van der Waals surface area contributed by atoms with Gasteiger partial charge in [0, 0.05) is 18.9 Å². The highest BCUT2D eigenvalue weighted by molar-refractivity contribution is 7.90. The topological polar surface area (TPSA) is 72.5 Å². The Morgan fingerprint density at radius 2 is 2.07 bits per heavy atom. The van der Waals surface area contributed by atoms with E-state index in [4.69, 9.17) is 4.74 Å². The van der Waals surface area contributed by atoms with Crippen molar-refractivity contribution in [3.63, 3.8) is 0 Å². The fraction of sp³-hybridized carbons (Fsp3) is 0.875. The largest absolute Gasteiger partial charge is 0.372 e. The Kier molecular flexibility index (Phi) is 5.71. The van der Waals surface area contributed by atoms with Gasteiger partial charge in [0.2, 0.25) is 5.91 Å². The van der Waals surface area contributed by atoms with Crippen molar-refractivity contribution in [2.24, 2.45) is 0 Å². The maximum Gasteiger partial charge on any atom is 0.246 e. The van der Waals surface area contributed by atoms with Gasteiger partial charge in [-0.25, -0.2) is 8.42 Å². The third kappa shape index (κ3) is 8.00. The van der Waals surface area contributed by atoms with Gasteiger partial charge >= 0.3 is 0 Å². The molecule has 6 heteroatoms. The minimum atomic E-state index is -3.05. The van der Waals surface area contributed by atoms with Gasteiger partial charge in [0.25, 0.3) is 0 Å². The lowest BCUT2D eigenvalue weighted by Crippen LogP contribution is -2.39. The summed E-state index contributed by atoms with van der Waals surface area (Å²) >= 11 is 0. The molecular weight excluding hydrogens is 206 g/mol. The first-order valence-corrected chi connectivity index (χ1v) is 6.46. The van der Waals surface area contributed by atoms with Crippen LogP contribution in [0.3, 0.4) is 0 Å². The number of hydrogen-bond acceptors (Lipinski definition) is 4. The van der Waals surface area contributed by atoms with Crippen LogP contribution in [-0.2, 0) is 19.4 Å². The van der Waals surface area contributed by atoms with E-state index in [9.17, 15) is 13.2 Å². The summed E-state index contributed by atoms with van der Waals surface area (Å²) in [7, 11) is -3.05. The maximum atomic E-state index is 11.1. The van der Waals surface area contributed by atoms with Crippen molar-refractivity contribution in [3.05, 3.63) is 0 Å². The van der Waals surface area contributed by atoms with Crippen LogP contribution < -0.4 is 5.32 Å². The molecule has 14 heavy (non-hydrogen) atoms. The Bertz CT molecular complexity index is 273. The molecule has 0 saturated carbocycles. The summed E-state index contributed by atoms with van der Waals surface area (Å²) in [6.45, 7) is 3.87. The summed E-state index contributed by atoms with van der Waals surface area (Å²) in [6, 6.07) is -0.377. The molecule has 0 heterocycles. The van der Waals surface area contributed by atoms with Crippen LogP contribution in [0.5, 0.6) is 0 Å². The number of carbonyl (C=O) groups excluding carboxylic acids is 1. The van der Waals surface area contributed by atoms with Crippen LogP contribution >= 0.6 is 0 Å².